The quantitative estimate of drug-likeness (QED) is 0.878. The third-order valence-electron chi connectivity index (χ3n) is 4.56. The van der Waals surface area contributed by atoms with Crippen LogP contribution in [0.3, 0.4) is 0 Å². The first-order chi connectivity index (χ1) is 9.86. The molecule has 1 aliphatic carbocycles. The summed E-state index contributed by atoms with van der Waals surface area (Å²) in [4.78, 5) is 0.170. The first-order valence-electron chi connectivity index (χ1n) is 7.71. The van der Waals surface area contributed by atoms with Crippen molar-refractivity contribution < 1.29 is 8.42 Å². The Labute approximate surface area is 128 Å². The summed E-state index contributed by atoms with van der Waals surface area (Å²) in [6.07, 6.45) is 5.08. The van der Waals surface area contributed by atoms with Crippen LogP contribution in [0.25, 0.3) is 0 Å². The van der Waals surface area contributed by atoms with Crippen LogP contribution in [-0.2, 0) is 16.6 Å². The van der Waals surface area contributed by atoms with Crippen LogP contribution in [0.5, 0.6) is 0 Å². The second-order valence-electron chi connectivity index (χ2n) is 6.43. The molecule has 0 bridgehead atoms. The van der Waals surface area contributed by atoms with Gasteiger partial charge in [-0.1, -0.05) is 26.0 Å². The van der Waals surface area contributed by atoms with Gasteiger partial charge in [-0.3, -0.25) is 0 Å². The molecule has 1 saturated carbocycles. The van der Waals surface area contributed by atoms with Crippen molar-refractivity contribution in [1.82, 2.24) is 5.32 Å². The molecule has 3 N–H and O–H groups in total. The van der Waals surface area contributed by atoms with Crippen molar-refractivity contribution in [3.8, 4) is 0 Å². The molecule has 0 heterocycles. The van der Waals surface area contributed by atoms with Gasteiger partial charge in [0.1, 0.15) is 0 Å². The van der Waals surface area contributed by atoms with E-state index in [-0.39, 0.29) is 4.90 Å². The normalized spacial score (nSPS) is 23.4. The van der Waals surface area contributed by atoms with Gasteiger partial charge in [-0.2, -0.15) is 0 Å². The molecule has 0 saturated heterocycles. The van der Waals surface area contributed by atoms with E-state index in [2.05, 4.69) is 19.2 Å². The van der Waals surface area contributed by atoms with Gasteiger partial charge in [0.05, 0.1) is 4.90 Å². The Balaban J connectivity index is 1.82. The summed E-state index contributed by atoms with van der Waals surface area (Å²) in [5.74, 6) is 1.66. The number of nitrogens with one attached hydrogen (secondary N) is 1. The maximum absolute atomic E-state index is 11.2. The number of hydrogen-bond donors (Lipinski definition) is 2. The van der Waals surface area contributed by atoms with E-state index < -0.39 is 10.0 Å². The van der Waals surface area contributed by atoms with Crippen LogP contribution in [-0.4, -0.2) is 14.5 Å². The molecular weight excluding hydrogens is 284 g/mol. The molecule has 1 aromatic rings. The fourth-order valence-corrected chi connectivity index (χ4v) is 3.56. The zero-order chi connectivity index (χ0) is 15.5. The molecule has 21 heavy (non-hydrogen) atoms. The lowest BCUT2D eigenvalue weighted by Gasteiger charge is -2.31. The highest BCUT2D eigenvalue weighted by Gasteiger charge is 2.22. The Morgan fingerprint density at radius 2 is 1.71 bits per heavy atom. The average molecular weight is 310 g/mol. The number of nitrogens with two attached hydrogens (primary N) is 1. The summed E-state index contributed by atoms with van der Waals surface area (Å²) < 4.78 is 22.4. The van der Waals surface area contributed by atoms with Gasteiger partial charge in [-0.15, -0.1) is 0 Å². The van der Waals surface area contributed by atoms with E-state index >= 15 is 0 Å². The summed E-state index contributed by atoms with van der Waals surface area (Å²) in [5.41, 5.74) is 1.09. The van der Waals surface area contributed by atoms with Crippen molar-refractivity contribution in [3.63, 3.8) is 0 Å². The number of primary sulfonamides is 1. The lowest BCUT2D eigenvalue weighted by Crippen LogP contribution is -2.33. The van der Waals surface area contributed by atoms with E-state index in [0.29, 0.717) is 6.04 Å². The van der Waals surface area contributed by atoms with Crippen molar-refractivity contribution >= 4 is 10.0 Å². The smallest absolute Gasteiger partial charge is 0.238 e. The summed E-state index contributed by atoms with van der Waals surface area (Å²) in [6, 6.07) is 7.38. The van der Waals surface area contributed by atoms with E-state index in [9.17, 15) is 8.42 Å². The van der Waals surface area contributed by atoms with Gasteiger partial charge in [-0.25, -0.2) is 13.6 Å². The molecule has 0 amide bonds. The fourth-order valence-electron chi connectivity index (χ4n) is 3.05. The number of sulfonamides is 1. The summed E-state index contributed by atoms with van der Waals surface area (Å²) in [7, 11) is -3.59. The molecule has 0 atom stereocenters. The second kappa shape index (κ2) is 6.90. The minimum absolute atomic E-state index is 0.170. The SMILES string of the molecule is CC(C)C1CCC(NCc2ccc(S(N)(=O)=O)cc2)CC1. The highest BCUT2D eigenvalue weighted by Crippen LogP contribution is 2.29. The highest BCUT2D eigenvalue weighted by molar-refractivity contribution is 7.89. The molecule has 0 unspecified atom stereocenters. The van der Waals surface area contributed by atoms with Crippen LogP contribution in [0.15, 0.2) is 29.2 Å². The molecule has 118 valence electrons. The van der Waals surface area contributed by atoms with E-state index in [1.165, 1.54) is 25.7 Å². The topological polar surface area (TPSA) is 72.2 Å². The zero-order valence-corrected chi connectivity index (χ0v) is 13.7. The Morgan fingerprint density at radius 3 is 2.19 bits per heavy atom. The summed E-state index contributed by atoms with van der Waals surface area (Å²) in [6.45, 7) is 5.40. The largest absolute Gasteiger partial charge is 0.310 e. The Morgan fingerprint density at radius 1 is 1.14 bits per heavy atom. The molecule has 0 radical (unpaired) electrons. The monoisotopic (exact) mass is 310 g/mol. The van der Waals surface area contributed by atoms with Gasteiger partial charge in [0.2, 0.25) is 10.0 Å². The van der Waals surface area contributed by atoms with Gasteiger partial charge in [0.25, 0.3) is 0 Å². The second-order valence-corrected chi connectivity index (χ2v) is 7.99. The Bertz CT molecular complexity index is 544. The maximum atomic E-state index is 11.2. The standard InChI is InChI=1S/C16H26N2O2S/c1-12(2)14-5-7-15(8-6-14)18-11-13-3-9-16(10-4-13)21(17,19)20/h3-4,9-10,12,14-15,18H,5-8,11H2,1-2H3,(H2,17,19,20). The minimum atomic E-state index is -3.59. The maximum Gasteiger partial charge on any atom is 0.238 e. The van der Waals surface area contributed by atoms with Gasteiger partial charge in [0.15, 0.2) is 0 Å². The van der Waals surface area contributed by atoms with Crippen LogP contribution in [0.4, 0.5) is 0 Å². The lowest BCUT2D eigenvalue weighted by atomic mass is 9.80. The summed E-state index contributed by atoms with van der Waals surface area (Å²) >= 11 is 0. The van der Waals surface area contributed by atoms with Crippen LogP contribution in [0.2, 0.25) is 0 Å². The molecule has 0 aromatic heterocycles. The average Bonchev–Trinajstić information content (AvgIpc) is 2.45. The number of hydrogen-bond acceptors (Lipinski definition) is 3. The molecule has 1 aliphatic rings. The van der Waals surface area contributed by atoms with Gasteiger partial charge < -0.3 is 5.32 Å². The lowest BCUT2D eigenvalue weighted by molar-refractivity contribution is 0.238. The van der Waals surface area contributed by atoms with E-state index in [1.54, 1.807) is 12.1 Å². The zero-order valence-electron chi connectivity index (χ0n) is 12.9. The van der Waals surface area contributed by atoms with Gasteiger partial charge in [0, 0.05) is 12.6 Å². The third-order valence-corrected chi connectivity index (χ3v) is 5.49. The predicted octanol–water partition coefficient (Wildman–Crippen LogP) is 2.64. The molecule has 0 spiro atoms. The van der Waals surface area contributed by atoms with Crippen molar-refractivity contribution in [2.75, 3.05) is 0 Å². The van der Waals surface area contributed by atoms with Gasteiger partial charge in [-0.05, 0) is 55.2 Å². The molecular formula is C16H26N2O2S. The van der Waals surface area contributed by atoms with Crippen LogP contribution in [0, 0.1) is 11.8 Å². The van der Waals surface area contributed by atoms with Crippen LogP contribution >= 0.6 is 0 Å². The Hall–Kier alpha value is -0.910. The molecule has 1 fully saturated rings. The minimum Gasteiger partial charge on any atom is -0.310 e. The predicted molar refractivity (Wildman–Crippen MR) is 85.2 cm³/mol. The van der Waals surface area contributed by atoms with E-state index in [1.807, 2.05) is 12.1 Å². The van der Waals surface area contributed by atoms with Crippen molar-refractivity contribution in [1.29, 1.82) is 0 Å². The number of benzene rings is 1. The van der Waals surface area contributed by atoms with Crippen molar-refractivity contribution in [3.05, 3.63) is 29.8 Å². The highest BCUT2D eigenvalue weighted by atomic mass is 32.2. The molecule has 5 heteroatoms. The fraction of sp³-hybridized carbons (Fsp3) is 0.625. The van der Waals surface area contributed by atoms with E-state index in [0.717, 1.165) is 23.9 Å². The van der Waals surface area contributed by atoms with Crippen molar-refractivity contribution in [2.45, 2.75) is 57.0 Å². The van der Waals surface area contributed by atoms with Gasteiger partial charge >= 0.3 is 0 Å². The van der Waals surface area contributed by atoms with Crippen LogP contribution in [0.1, 0.15) is 45.1 Å². The van der Waals surface area contributed by atoms with Crippen LogP contribution < -0.4 is 10.5 Å². The first-order valence-corrected chi connectivity index (χ1v) is 9.26. The van der Waals surface area contributed by atoms with E-state index in [4.69, 9.17) is 5.14 Å². The van der Waals surface area contributed by atoms with Crippen molar-refractivity contribution in [2.24, 2.45) is 17.0 Å². The Kier molecular flexibility index (Phi) is 5.41. The molecule has 4 nitrogen and oxygen atoms in total. The molecule has 1 aromatic carbocycles. The molecule has 2 rings (SSSR count). The molecule has 0 aliphatic heterocycles. The summed E-state index contributed by atoms with van der Waals surface area (Å²) in [5, 5.41) is 8.67. The first kappa shape index (κ1) is 16.5. The number of rotatable bonds is 5. The third kappa shape index (κ3) is 4.80.